The summed E-state index contributed by atoms with van der Waals surface area (Å²) in [5.74, 6) is 0.922. The Morgan fingerprint density at radius 2 is 2.00 bits per heavy atom. The molecule has 0 bridgehead atoms. The number of hydrogen-bond acceptors (Lipinski definition) is 2. The minimum Gasteiger partial charge on any atom is -0.495 e. The molecule has 2 aromatic carbocycles. The van der Waals surface area contributed by atoms with E-state index in [0.29, 0.717) is 6.04 Å². The molecule has 1 unspecified atom stereocenters. The van der Waals surface area contributed by atoms with E-state index in [9.17, 15) is 0 Å². The Balaban J connectivity index is 1.80. The van der Waals surface area contributed by atoms with E-state index in [1.807, 2.05) is 0 Å². The zero-order valence-corrected chi connectivity index (χ0v) is 16.3. The number of aromatic amines is 1. The molecule has 4 rings (SSSR count). The summed E-state index contributed by atoms with van der Waals surface area (Å²) in [4.78, 5) is 6.20. The van der Waals surface area contributed by atoms with Gasteiger partial charge in [0, 0.05) is 32.9 Å². The molecule has 1 saturated heterocycles. The highest BCUT2D eigenvalue weighted by atomic mass is 79.9. The number of methoxy groups -OCH3 is 1. The molecule has 25 heavy (non-hydrogen) atoms. The normalized spacial score (nSPS) is 18.1. The monoisotopic (exact) mass is 398 g/mol. The fourth-order valence-electron chi connectivity index (χ4n) is 4.04. The molecule has 2 heterocycles. The van der Waals surface area contributed by atoms with Crippen LogP contribution in [0.25, 0.3) is 22.0 Å². The van der Waals surface area contributed by atoms with Gasteiger partial charge in [-0.05, 0) is 49.5 Å². The van der Waals surface area contributed by atoms with E-state index in [1.165, 1.54) is 30.5 Å². The van der Waals surface area contributed by atoms with Crippen LogP contribution in [0.5, 0.6) is 5.75 Å². The number of nitrogens with one attached hydrogen (secondary N) is 1. The quantitative estimate of drug-likeness (QED) is 0.604. The number of ether oxygens (including phenoxy) is 1. The van der Waals surface area contributed by atoms with Crippen LogP contribution in [0.4, 0.5) is 0 Å². The van der Waals surface area contributed by atoms with Crippen LogP contribution in [0.1, 0.15) is 31.5 Å². The van der Waals surface area contributed by atoms with Gasteiger partial charge in [0.05, 0.1) is 7.11 Å². The van der Waals surface area contributed by atoms with Crippen molar-refractivity contribution in [2.24, 2.45) is 0 Å². The van der Waals surface area contributed by atoms with Crippen LogP contribution < -0.4 is 4.74 Å². The summed E-state index contributed by atoms with van der Waals surface area (Å²) in [6, 6.07) is 15.4. The Kier molecular flexibility index (Phi) is 4.57. The van der Waals surface area contributed by atoms with Crippen LogP contribution in [0.2, 0.25) is 0 Å². The third-order valence-electron chi connectivity index (χ3n) is 5.28. The molecule has 1 aliphatic heterocycles. The molecule has 1 aromatic heterocycles. The number of benzene rings is 2. The Hall–Kier alpha value is -1.78. The summed E-state index contributed by atoms with van der Waals surface area (Å²) in [5, 5.41) is 2.30. The van der Waals surface area contributed by atoms with E-state index in [0.717, 1.165) is 33.4 Å². The largest absolute Gasteiger partial charge is 0.495 e. The third kappa shape index (κ3) is 2.87. The van der Waals surface area contributed by atoms with Crippen LogP contribution >= 0.6 is 15.9 Å². The van der Waals surface area contributed by atoms with Crippen molar-refractivity contribution in [1.29, 1.82) is 0 Å². The van der Waals surface area contributed by atoms with Crippen molar-refractivity contribution >= 4 is 26.7 Å². The zero-order chi connectivity index (χ0) is 17.4. The van der Waals surface area contributed by atoms with Crippen molar-refractivity contribution < 1.29 is 4.74 Å². The molecule has 1 fully saturated rings. The van der Waals surface area contributed by atoms with Crippen LogP contribution in [0.15, 0.2) is 46.9 Å². The zero-order valence-electron chi connectivity index (χ0n) is 14.7. The summed E-state index contributed by atoms with van der Waals surface area (Å²) < 4.78 is 6.88. The lowest BCUT2D eigenvalue weighted by molar-refractivity contribution is 0.268. The SMILES string of the molecule is CCN1CCCC1c1ccc(-c2cc(Br)c3ccccc3c2OC)[nH]1. The maximum absolute atomic E-state index is 5.79. The van der Waals surface area contributed by atoms with Crippen LogP contribution in [0, 0.1) is 0 Å². The van der Waals surface area contributed by atoms with Crippen molar-refractivity contribution in [3.05, 3.63) is 52.6 Å². The highest BCUT2D eigenvalue weighted by molar-refractivity contribution is 9.10. The second-order valence-corrected chi connectivity index (χ2v) is 7.45. The molecule has 3 aromatic rings. The Morgan fingerprint density at radius 1 is 1.20 bits per heavy atom. The van der Waals surface area contributed by atoms with E-state index >= 15 is 0 Å². The number of H-pyrrole nitrogens is 1. The molecular weight excluding hydrogens is 376 g/mol. The molecule has 0 saturated carbocycles. The summed E-state index contributed by atoms with van der Waals surface area (Å²) in [5.41, 5.74) is 3.52. The molecule has 0 spiro atoms. The Morgan fingerprint density at radius 3 is 2.76 bits per heavy atom. The maximum atomic E-state index is 5.79. The van der Waals surface area contributed by atoms with Crippen molar-refractivity contribution in [1.82, 2.24) is 9.88 Å². The smallest absolute Gasteiger partial charge is 0.136 e. The molecule has 0 radical (unpaired) electrons. The van der Waals surface area contributed by atoms with Crippen LogP contribution in [0.3, 0.4) is 0 Å². The van der Waals surface area contributed by atoms with E-state index in [4.69, 9.17) is 4.74 Å². The lowest BCUT2D eigenvalue weighted by atomic mass is 10.0. The standard InChI is InChI=1S/C21H23BrN2O/c1-3-24-12-6-9-20(24)19-11-10-18(23-19)16-13-17(22)14-7-4-5-8-15(14)21(16)25-2/h4-5,7-8,10-11,13,20,23H,3,6,9,12H2,1-2H3. The molecule has 1 N–H and O–H groups in total. The molecule has 4 heteroatoms. The van der Waals surface area contributed by atoms with Gasteiger partial charge in [0.1, 0.15) is 5.75 Å². The van der Waals surface area contributed by atoms with Crippen LogP contribution in [-0.2, 0) is 0 Å². The first-order chi connectivity index (χ1) is 12.2. The number of aromatic nitrogens is 1. The first-order valence-corrected chi connectivity index (χ1v) is 9.70. The molecule has 0 amide bonds. The topological polar surface area (TPSA) is 28.3 Å². The van der Waals surface area contributed by atoms with Gasteiger partial charge in [0.2, 0.25) is 0 Å². The van der Waals surface area contributed by atoms with E-state index < -0.39 is 0 Å². The minimum atomic E-state index is 0.508. The second kappa shape index (κ2) is 6.85. The predicted molar refractivity (Wildman–Crippen MR) is 107 cm³/mol. The van der Waals surface area contributed by atoms with Gasteiger partial charge in [-0.2, -0.15) is 0 Å². The molecule has 1 aliphatic rings. The number of rotatable bonds is 4. The predicted octanol–water partition coefficient (Wildman–Crippen LogP) is 5.76. The lowest BCUT2D eigenvalue weighted by Gasteiger charge is -2.21. The molecular formula is C21H23BrN2O. The number of halogens is 1. The summed E-state index contributed by atoms with van der Waals surface area (Å²) in [6.45, 7) is 4.54. The lowest BCUT2D eigenvalue weighted by Crippen LogP contribution is -2.22. The van der Waals surface area contributed by atoms with E-state index in [1.54, 1.807) is 7.11 Å². The highest BCUT2D eigenvalue weighted by Gasteiger charge is 2.26. The van der Waals surface area contributed by atoms with Crippen LogP contribution in [-0.4, -0.2) is 30.1 Å². The number of nitrogens with zero attached hydrogens (tertiary/aromatic N) is 1. The van der Waals surface area contributed by atoms with Gasteiger partial charge in [-0.3, -0.25) is 4.90 Å². The average Bonchev–Trinajstić information content (AvgIpc) is 3.30. The summed E-state index contributed by atoms with van der Waals surface area (Å²) >= 11 is 3.72. The summed E-state index contributed by atoms with van der Waals surface area (Å²) in [7, 11) is 1.75. The number of likely N-dealkylation sites (tertiary alicyclic amines) is 1. The summed E-state index contributed by atoms with van der Waals surface area (Å²) in [6.07, 6.45) is 2.50. The fraction of sp³-hybridized carbons (Fsp3) is 0.333. The third-order valence-corrected chi connectivity index (χ3v) is 5.93. The van der Waals surface area contributed by atoms with Gasteiger partial charge in [0.25, 0.3) is 0 Å². The molecule has 1 atom stereocenters. The van der Waals surface area contributed by atoms with Crippen molar-refractivity contribution in [2.75, 3.05) is 20.2 Å². The Bertz CT molecular complexity index is 902. The van der Waals surface area contributed by atoms with Gasteiger partial charge >= 0.3 is 0 Å². The van der Waals surface area contributed by atoms with Crippen molar-refractivity contribution in [2.45, 2.75) is 25.8 Å². The first kappa shape index (κ1) is 16.7. The maximum Gasteiger partial charge on any atom is 0.136 e. The number of fused-ring (bicyclic) bond motifs is 1. The molecule has 0 aliphatic carbocycles. The molecule has 130 valence electrons. The first-order valence-electron chi connectivity index (χ1n) is 8.91. The van der Waals surface area contributed by atoms with Gasteiger partial charge in [0.15, 0.2) is 0 Å². The minimum absolute atomic E-state index is 0.508. The van der Waals surface area contributed by atoms with Gasteiger partial charge in [-0.1, -0.05) is 47.1 Å². The van der Waals surface area contributed by atoms with E-state index in [-0.39, 0.29) is 0 Å². The van der Waals surface area contributed by atoms with Crippen molar-refractivity contribution in [3.8, 4) is 17.0 Å². The molecule has 3 nitrogen and oxygen atoms in total. The fourth-order valence-corrected chi connectivity index (χ4v) is 4.62. The van der Waals surface area contributed by atoms with Gasteiger partial charge in [-0.15, -0.1) is 0 Å². The van der Waals surface area contributed by atoms with Gasteiger partial charge < -0.3 is 9.72 Å². The van der Waals surface area contributed by atoms with E-state index in [2.05, 4.69) is 75.2 Å². The number of hydrogen-bond donors (Lipinski definition) is 1. The van der Waals surface area contributed by atoms with Gasteiger partial charge in [-0.25, -0.2) is 0 Å². The Labute approximate surface area is 157 Å². The highest BCUT2D eigenvalue weighted by Crippen LogP contribution is 2.41. The second-order valence-electron chi connectivity index (χ2n) is 6.60. The van der Waals surface area contributed by atoms with Crippen molar-refractivity contribution in [3.63, 3.8) is 0 Å². The average molecular weight is 399 g/mol.